The first kappa shape index (κ1) is 15.0. The predicted octanol–water partition coefficient (Wildman–Crippen LogP) is 3.65. The largest absolute Gasteiger partial charge is 0.473 e. The maximum Gasteiger partial charge on any atom is 0.319 e. The number of rotatable bonds is 4. The highest BCUT2D eigenvalue weighted by Crippen LogP contribution is 2.21. The predicted molar refractivity (Wildman–Crippen MR) is 80.1 cm³/mol. The Morgan fingerprint density at radius 1 is 1.30 bits per heavy atom. The Morgan fingerprint density at radius 3 is 2.60 bits per heavy atom. The van der Waals surface area contributed by atoms with Crippen molar-refractivity contribution >= 4 is 17.6 Å². The number of hydrogen-bond acceptors (Lipinski definition) is 2. The summed E-state index contributed by atoms with van der Waals surface area (Å²) >= 11 is 5.79. The van der Waals surface area contributed by atoms with Crippen LogP contribution in [0.5, 0.6) is 5.75 Å². The first-order chi connectivity index (χ1) is 9.66. The molecule has 2 amide bonds. The highest BCUT2D eigenvalue weighted by molar-refractivity contribution is 6.30. The van der Waals surface area contributed by atoms with Crippen LogP contribution in [0.2, 0.25) is 5.02 Å². The maximum atomic E-state index is 12.0. The van der Waals surface area contributed by atoms with Crippen molar-refractivity contribution in [3.8, 4) is 5.75 Å². The molecular formula is C15H21ClN2O2. The molecule has 1 aromatic carbocycles. The second-order valence-corrected chi connectivity index (χ2v) is 5.56. The van der Waals surface area contributed by atoms with Crippen LogP contribution in [0.1, 0.15) is 32.1 Å². The molecule has 5 heteroatoms. The summed E-state index contributed by atoms with van der Waals surface area (Å²) in [6.45, 7) is 0.164. The highest BCUT2D eigenvalue weighted by Gasteiger charge is 2.21. The van der Waals surface area contributed by atoms with Crippen molar-refractivity contribution in [2.45, 2.75) is 38.1 Å². The Hall–Kier alpha value is -1.42. The molecule has 4 nitrogen and oxygen atoms in total. The molecule has 0 unspecified atom stereocenters. The van der Waals surface area contributed by atoms with Crippen molar-refractivity contribution in [2.75, 3.05) is 13.8 Å². The number of carbonyl (C=O) groups is 1. The molecule has 110 valence electrons. The van der Waals surface area contributed by atoms with Crippen LogP contribution in [-0.4, -0.2) is 30.8 Å². The Morgan fingerprint density at radius 2 is 1.95 bits per heavy atom. The van der Waals surface area contributed by atoms with E-state index in [1.807, 2.05) is 7.05 Å². The van der Waals surface area contributed by atoms with Gasteiger partial charge in [0.25, 0.3) is 0 Å². The van der Waals surface area contributed by atoms with Crippen molar-refractivity contribution in [3.05, 3.63) is 29.3 Å². The van der Waals surface area contributed by atoms with Crippen molar-refractivity contribution < 1.29 is 9.53 Å². The number of nitrogens with zero attached hydrogens (tertiary/aromatic N) is 1. The van der Waals surface area contributed by atoms with Crippen LogP contribution < -0.4 is 10.1 Å². The minimum Gasteiger partial charge on any atom is -0.473 e. The van der Waals surface area contributed by atoms with E-state index in [9.17, 15) is 4.79 Å². The SMILES string of the molecule is CN(C(=O)NCOc1ccc(Cl)cc1)C1CCCCC1. The number of amides is 2. The van der Waals surface area contributed by atoms with E-state index in [2.05, 4.69) is 5.32 Å². The van der Waals surface area contributed by atoms with E-state index in [0.717, 1.165) is 12.8 Å². The third kappa shape index (κ3) is 4.30. The van der Waals surface area contributed by atoms with Crippen molar-refractivity contribution in [2.24, 2.45) is 0 Å². The number of nitrogens with one attached hydrogen (secondary N) is 1. The highest BCUT2D eigenvalue weighted by atomic mass is 35.5. The number of carbonyl (C=O) groups excluding carboxylic acids is 1. The number of hydrogen-bond donors (Lipinski definition) is 1. The summed E-state index contributed by atoms with van der Waals surface area (Å²) in [5, 5.41) is 3.44. The summed E-state index contributed by atoms with van der Waals surface area (Å²) in [6.07, 6.45) is 5.91. The summed E-state index contributed by atoms with van der Waals surface area (Å²) in [5.41, 5.74) is 0. The van der Waals surface area contributed by atoms with Crippen LogP contribution in [0.3, 0.4) is 0 Å². The first-order valence-corrected chi connectivity index (χ1v) is 7.43. The van der Waals surface area contributed by atoms with Gasteiger partial charge in [-0.2, -0.15) is 0 Å². The zero-order valence-electron chi connectivity index (χ0n) is 11.8. The molecule has 1 saturated carbocycles. The number of halogens is 1. The summed E-state index contributed by atoms with van der Waals surface area (Å²) in [7, 11) is 1.85. The number of benzene rings is 1. The van der Waals surface area contributed by atoms with Crippen LogP contribution in [-0.2, 0) is 0 Å². The summed E-state index contributed by atoms with van der Waals surface area (Å²) in [4.78, 5) is 13.8. The van der Waals surface area contributed by atoms with Gasteiger partial charge in [0.2, 0.25) is 0 Å². The molecule has 1 fully saturated rings. The Bertz CT molecular complexity index is 430. The molecule has 2 rings (SSSR count). The fraction of sp³-hybridized carbons (Fsp3) is 0.533. The monoisotopic (exact) mass is 296 g/mol. The Labute approximate surface area is 125 Å². The molecule has 0 saturated heterocycles. The van der Waals surface area contributed by atoms with Crippen LogP contribution in [0.25, 0.3) is 0 Å². The molecule has 1 N–H and O–H groups in total. The van der Waals surface area contributed by atoms with Gasteiger partial charge in [-0.05, 0) is 37.1 Å². The van der Waals surface area contributed by atoms with E-state index in [-0.39, 0.29) is 12.8 Å². The minimum atomic E-state index is -0.0779. The smallest absolute Gasteiger partial charge is 0.319 e. The molecule has 0 aliphatic heterocycles. The topological polar surface area (TPSA) is 41.6 Å². The second kappa shape index (κ2) is 7.39. The Kier molecular flexibility index (Phi) is 5.53. The normalized spacial score (nSPS) is 15.7. The fourth-order valence-corrected chi connectivity index (χ4v) is 2.60. The number of ether oxygens (including phenoxy) is 1. The molecule has 0 aromatic heterocycles. The van der Waals surface area contributed by atoms with Gasteiger partial charge in [-0.15, -0.1) is 0 Å². The van der Waals surface area contributed by atoms with Gasteiger partial charge in [-0.1, -0.05) is 30.9 Å². The first-order valence-electron chi connectivity index (χ1n) is 7.06. The molecule has 1 aliphatic carbocycles. The van der Waals surface area contributed by atoms with Gasteiger partial charge < -0.3 is 15.0 Å². The average molecular weight is 297 g/mol. The van der Waals surface area contributed by atoms with Gasteiger partial charge in [0, 0.05) is 18.1 Å². The number of urea groups is 1. The lowest BCUT2D eigenvalue weighted by Gasteiger charge is -2.31. The standard InChI is InChI=1S/C15H21ClN2O2/c1-18(13-5-3-2-4-6-13)15(19)17-11-20-14-9-7-12(16)8-10-14/h7-10,13H,2-6,11H2,1H3,(H,17,19). The lowest BCUT2D eigenvalue weighted by Crippen LogP contribution is -2.45. The van der Waals surface area contributed by atoms with Crippen molar-refractivity contribution in [1.82, 2.24) is 10.2 Å². The van der Waals surface area contributed by atoms with Gasteiger partial charge in [0.15, 0.2) is 6.73 Å². The van der Waals surface area contributed by atoms with Crippen LogP contribution in [0.15, 0.2) is 24.3 Å². The quantitative estimate of drug-likeness (QED) is 0.862. The van der Waals surface area contributed by atoms with Gasteiger partial charge in [-0.25, -0.2) is 4.79 Å². The zero-order chi connectivity index (χ0) is 14.4. The molecule has 1 aromatic rings. The van der Waals surface area contributed by atoms with E-state index in [4.69, 9.17) is 16.3 Å². The minimum absolute atomic E-state index is 0.0779. The second-order valence-electron chi connectivity index (χ2n) is 5.13. The van der Waals surface area contributed by atoms with E-state index < -0.39 is 0 Å². The van der Waals surface area contributed by atoms with E-state index in [0.29, 0.717) is 16.8 Å². The van der Waals surface area contributed by atoms with Crippen molar-refractivity contribution in [3.63, 3.8) is 0 Å². The molecule has 20 heavy (non-hydrogen) atoms. The summed E-state index contributed by atoms with van der Waals surface area (Å²) in [6, 6.07) is 7.35. The van der Waals surface area contributed by atoms with Gasteiger partial charge in [0.1, 0.15) is 5.75 Å². The van der Waals surface area contributed by atoms with Crippen LogP contribution in [0.4, 0.5) is 4.79 Å². The molecule has 0 bridgehead atoms. The fourth-order valence-electron chi connectivity index (χ4n) is 2.47. The van der Waals surface area contributed by atoms with Crippen molar-refractivity contribution in [1.29, 1.82) is 0 Å². The lowest BCUT2D eigenvalue weighted by molar-refractivity contribution is 0.163. The Balaban J connectivity index is 1.72. The van der Waals surface area contributed by atoms with Gasteiger partial charge >= 0.3 is 6.03 Å². The molecule has 0 spiro atoms. The third-order valence-corrected chi connectivity index (χ3v) is 3.97. The maximum absolute atomic E-state index is 12.0. The van der Waals surface area contributed by atoms with Crippen LogP contribution in [0, 0.1) is 0 Å². The lowest BCUT2D eigenvalue weighted by atomic mass is 9.95. The van der Waals surface area contributed by atoms with E-state index in [1.54, 1.807) is 29.2 Å². The van der Waals surface area contributed by atoms with E-state index >= 15 is 0 Å². The van der Waals surface area contributed by atoms with E-state index in [1.165, 1.54) is 19.3 Å². The summed E-state index contributed by atoms with van der Waals surface area (Å²) < 4.78 is 5.45. The molecule has 0 radical (unpaired) electrons. The molecular weight excluding hydrogens is 276 g/mol. The third-order valence-electron chi connectivity index (χ3n) is 3.72. The molecule has 1 aliphatic rings. The molecule has 0 atom stereocenters. The zero-order valence-corrected chi connectivity index (χ0v) is 12.5. The average Bonchev–Trinajstić information content (AvgIpc) is 2.49. The summed E-state index contributed by atoms with van der Waals surface area (Å²) in [5.74, 6) is 0.690. The van der Waals surface area contributed by atoms with Crippen LogP contribution >= 0.6 is 11.6 Å². The van der Waals surface area contributed by atoms with Gasteiger partial charge in [-0.3, -0.25) is 0 Å². The molecule has 0 heterocycles. The van der Waals surface area contributed by atoms with Gasteiger partial charge in [0.05, 0.1) is 0 Å².